The van der Waals surface area contributed by atoms with Gasteiger partial charge >= 0.3 is 17.9 Å². The third-order valence-electron chi connectivity index (χ3n) is 13.0. The number of hydrogen-bond acceptors (Lipinski definition) is 21. The molecule has 0 bridgehead atoms. The van der Waals surface area contributed by atoms with E-state index in [1.807, 2.05) is 0 Å². The zero-order chi connectivity index (χ0) is 64.0. The number of rotatable bonds is 76. The van der Waals surface area contributed by atoms with Gasteiger partial charge in [0.25, 0.3) is 0 Å². The summed E-state index contributed by atoms with van der Waals surface area (Å²) in [6.07, 6.45) is 16.4. The molecule has 0 rings (SSSR count). The largest absolute Gasteiger partial charge is 0.481 e. The first-order valence-electron chi connectivity index (χ1n) is 32.6. The first-order valence-corrected chi connectivity index (χ1v) is 32.6. The van der Waals surface area contributed by atoms with Crippen molar-refractivity contribution < 1.29 is 115 Å². The molecule has 0 saturated heterocycles. The summed E-state index contributed by atoms with van der Waals surface area (Å²) in [4.78, 5) is 61.2. The smallest absolute Gasteiger partial charge is 0.326 e. The number of ether oxygens (including phenoxy) is 16. The Bertz CT molecular complexity index is 1530. The molecule has 4 N–H and O–H groups in total. The van der Waals surface area contributed by atoms with Crippen molar-refractivity contribution in [3.63, 3.8) is 0 Å². The Hall–Kier alpha value is -3.29. The van der Waals surface area contributed by atoms with Crippen LogP contribution in [0.2, 0.25) is 0 Å². The number of carboxylic acid groups (broad SMARTS) is 3. The quantitative estimate of drug-likeness (QED) is 0.0505. The third-order valence-corrected chi connectivity index (χ3v) is 13.0. The van der Waals surface area contributed by atoms with E-state index in [0.29, 0.717) is 218 Å². The molecule has 0 aromatic carbocycles. The van der Waals surface area contributed by atoms with E-state index in [1.165, 1.54) is 37.0 Å². The van der Waals surface area contributed by atoms with Crippen LogP contribution in [0.4, 0.5) is 0 Å². The maximum atomic E-state index is 13.4. The van der Waals surface area contributed by atoms with E-state index < -0.39 is 23.9 Å². The van der Waals surface area contributed by atoms with E-state index in [1.54, 1.807) is 0 Å². The van der Waals surface area contributed by atoms with Crippen LogP contribution in [0.3, 0.4) is 0 Å². The summed E-state index contributed by atoms with van der Waals surface area (Å²) in [6, 6.07) is -1.07. The van der Waals surface area contributed by atoms with Crippen molar-refractivity contribution in [3.05, 3.63) is 0 Å². The zero-order valence-corrected chi connectivity index (χ0v) is 53.8. The highest BCUT2D eigenvalue weighted by molar-refractivity contribution is 5.84. The molecule has 0 saturated carbocycles. The molecule has 0 radical (unpaired) electrons. The Balaban J connectivity index is 3.63. The molecule has 520 valence electrons. The van der Waals surface area contributed by atoms with Crippen molar-refractivity contribution in [2.75, 3.05) is 225 Å². The molecular weight excluding hydrogens is 1160 g/mol. The van der Waals surface area contributed by atoms with E-state index >= 15 is 0 Å². The van der Waals surface area contributed by atoms with E-state index in [4.69, 9.17) is 86.0 Å². The lowest BCUT2D eigenvalue weighted by molar-refractivity contribution is -0.151. The van der Waals surface area contributed by atoms with Gasteiger partial charge < -0.3 is 101 Å². The third kappa shape index (κ3) is 67.1. The number of carbonyl (C=O) groups excluding carboxylic acids is 2. The van der Waals surface area contributed by atoms with Crippen molar-refractivity contribution in [2.24, 2.45) is 0 Å². The highest BCUT2D eigenvalue weighted by Gasteiger charge is 2.29. The summed E-state index contributed by atoms with van der Waals surface area (Å²) >= 11 is 0. The topological polar surface area (TPSA) is 309 Å². The van der Waals surface area contributed by atoms with Gasteiger partial charge in [0.15, 0.2) is 0 Å². The summed E-state index contributed by atoms with van der Waals surface area (Å²) < 4.78 is 87.6. The van der Waals surface area contributed by atoms with Crippen LogP contribution in [-0.2, 0) is 99.8 Å². The second kappa shape index (κ2) is 71.2. The van der Waals surface area contributed by atoms with E-state index in [0.717, 1.165) is 57.8 Å². The molecule has 2 amide bonds. The standard InChI is InChI=1S/C62H118N2O24/c1-2-3-4-5-6-7-11-14-17-24-64(59(66)18-15-12-9-8-10-13-16-19-60(67)68)57(62(71)72)20-21-58(65)63-23-26-74-28-30-76-32-34-78-36-38-80-40-42-82-44-46-84-48-50-86-52-54-88-56-55-87-53-51-85-49-47-83-45-43-81-41-39-79-37-35-77-33-31-75-29-27-73-25-22-61(69)70/h57H,2-56H2,1H3,(H,63,65)(H,67,68)(H,69,70)(H,71,72)/t57-/m0/s1. The molecule has 26 heteroatoms. The van der Waals surface area contributed by atoms with Gasteiger partial charge in [-0.3, -0.25) is 19.2 Å². The lowest BCUT2D eigenvalue weighted by atomic mass is 10.0. The molecule has 0 spiro atoms. The van der Waals surface area contributed by atoms with Gasteiger partial charge in [0.1, 0.15) is 6.04 Å². The fourth-order valence-corrected chi connectivity index (χ4v) is 8.22. The van der Waals surface area contributed by atoms with Gasteiger partial charge in [0.05, 0.1) is 218 Å². The minimum Gasteiger partial charge on any atom is -0.481 e. The average molecular weight is 1280 g/mol. The second-order valence-electron chi connectivity index (χ2n) is 20.5. The number of unbranched alkanes of at least 4 members (excludes halogenated alkanes) is 14. The zero-order valence-electron chi connectivity index (χ0n) is 53.8. The van der Waals surface area contributed by atoms with Crippen molar-refractivity contribution in [1.29, 1.82) is 0 Å². The predicted molar refractivity (Wildman–Crippen MR) is 327 cm³/mol. The van der Waals surface area contributed by atoms with Crippen LogP contribution < -0.4 is 5.32 Å². The van der Waals surface area contributed by atoms with Gasteiger partial charge in [-0.2, -0.15) is 0 Å². The first kappa shape index (κ1) is 84.7. The van der Waals surface area contributed by atoms with Gasteiger partial charge in [-0.15, -0.1) is 0 Å². The summed E-state index contributed by atoms with van der Waals surface area (Å²) in [6.45, 7) is 16.5. The second-order valence-corrected chi connectivity index (χ2v) is 20.5. The maximum absolute atomic E-state index is 13.4. The molecule has 1 atom stereocenters. The number of amides is 2. The Morgan fingerprint density at radius 3 is 0.864 bits per heavy atom. The van der Waals surface area contributed by atoms with Crippen LogP contribution in [-0.4, -0.2) is 280 Å². The van der Waals surface area contributed by atoms with Gasteiger partial charge in [0, 0.05) is 32.4 Å². The molecule has 26 nitrogen and oxygen atoms in total. The molecule has 0 aliphatic carbocycles. The minimum atomic E-state index is -1.10. The molecular formula is C62H118N2O24. The number of carboxylic acids is 3. The summed E-state index contributed by atoms with van der Waals surface area (Å²) in [5.74, 6) is -3.23. The highest BCUT2D eigenvalue weighted by atomic mass is 16.6. The first-order chi connectivity index (χ1) is 43.2. The molecule has 0 aromatic rings. The molecule has 0 heterocycles. The van der Waals surface area contributed by atoms with Crippen LogP contribution in [0.15, 0.2) is 0 Å². The van der Waals surface area contributed by atoms with Gasteiger partial charge in [-0.05, 0) is 25.7 Å². The molecule has 0 fully saturated rings. The highest BCUT2D eigenvalue weighted by Crippen LogP contribution is 2.17. The summed E-state index contributed by atoms with van der Waals surface area (Å²) in [5, 5.41) is 30.3. The minimum absolute atomic E-state index is 0.0145. The maximum Gasteiger partial charge on any atom is 0.326 e. The number of nitrogens with one attached hydrogen (secondary N) is 1. The van der Waals surface area contributed by atoms with Crippen LogP contribution in [0.5, 0.6) is 0 Å². The fraction of sp³-hybridized carbons (Fsp3) is 0.919. The van der Waals surface area contributed by atoms with E-state index in [-0.39, 0.29) is 63.7 Å². The predicted octanol–water partition coefficient (Wildman–Crippen LogP) is 6.03. The lowest BCUT2D eigenvalue weighted by Crippen LogP contribution is -2.46. The Morgan fingerprint density at radius 1 is 0.307 bits per heavy atom. The lowest BCUT2D eigenvalue weighted by Gasteiger charge is -2.29. The molecule has 0 aliphatic rings. The van der Waals surface area contributed by atoms with Crippen LogP contribution >= 0.6 is 0 Å². The molecule has 0 aliphatic heterocycles. The molecule has 0 unspecified atom stereocenters. The van der Waals surface area contributed by atoms with Crippen LogP contribution in [0, 0.1) is 0 Å². The number of nitrogens with zero attached hydrogens (tertiary/aromatic N) is 1. The van der Waals surface area contributed by atoms with Crippen molar-refractivity contribution in [3.8, 4) is 0 Å². The normalized spacial score (nSPS) is 11.8. The SMILES string of the molecule is CCCCCCCCCCCN(C(=O)CCCCCCCCCC(=O)O)[C@@H](CCC(=O)NCCOCCOCCOCCOCCOCCOCCOCCOCCOCCOCCOCCOCCOCCOCCOCCOCCC(=O)O)C(=O)O. The number of carbonyl (C=O) groups is 5. The van der Waals surface area contributed by atoms with Crippen molar-refractivity contribution in [1.82, 2.24) is 10.2 Å². The Morgan fingerprint density at radius 2 is 0.568 bits per heavy atom. The van der Waals surface area contributed by atoms with Gasteiger partial charge in [-0.25, -0.2) is 4.79 Å². The van der Waals surface area contributed by atoms with Crippen LogP contribution in [0.25, 0.3) is 0 Å². The average Bonchev–Trinajstić information content (AvgIpc) is 3.71. The number of aliphatic carboxylic acids is 3. The number of hydrogen-bond donors (Lipinski definition) is 4. The summed E-state index contributed by atoms with van der Waals surface area (Å²) in [5.41, 5.74) is 0. The fourth-order valence-electron chi connectivity index (χ4n) is 8.22. The van der Waals surface area contributed by atoms with Crippen molar-refractivity contribution >= 4 is 29.7 Å². The van der Waals surface area contributed by atoms with Gasteiger partial charge in [0.2, 0.25) is 11.8 Å². The van der Waals surface area contributed by atoms with Gasteiger partial charge in [-0.1, -0.05) is 90.4 Å². The summed E-state index contributed by atoms with van der Waals surface area (Å²) in [7, 11) is 0. The molecule has 88 heavy (non-hydrogen) atoms. The van der Waals surface area contributed by atoms with Crippen molar-refractivity contribution in [2.45, 2.75) is 148 Å². The van der Waals surface area contributed by atoms with E-state index in [2.05, 4.69) is 12.2 Å². The molecule has 0 aromatic heterocycles. The Labute approximate surface area is 525 Å². The monoisotopic (exact) mass is 1270 g/mol. The Kier molecular flexibility index (Phi) is 68.5. The van der Waals surface area contributed by atoms with Crippen LogP contribution in [0.1, 0.15) is 142 Å². The van der Waals surface area contributed by atoms with E-state index in [9.17, 15) is 29.1 Å².